The zero-order chi connectivity index (χ0) is 29.0. The molecule has 6 N–H and O–H groups in total. The van der Waals surface area contributed by atoms with Crippen molar-refractivity contribution >= 4 is 67.8 Å². The number of aliphatic carboxylic acids is 2. The highest BCUT2D eigenvalue weighted by molar-refractivity contribution is 8.00. The van der Waals surface area contributed by atoms with Crippen LogP contribution in [0.25, 0.3) is 0 Å². The minimum atomic E-state index is -5.84. The summed E-state index contributed by atoms with van der Waals surface area (Å²) in [6.07, 6.45) is 1.38. The molecule has 0 spiro atoms. The first-order valence-corrected chi connectivity index (χ1v) is 12.9. The van der Waals surface area contributed by atoms with Crippen LogP contribution in [0.1, 0.15) is 5.69 Å². The van der Waals surface area contributed by atoms with Crippen LogP contribution in [-0.2, 0) is 34.1 Å². The number of hydrogen-bond donors (Lipinski definition) is 5. The number of nitrogen functional groups attached to an aromatic ring is 1. The molecule has 15 nitrogen and oxygen atoms in total. The maximum absolute atomic E-state index is 12.7. The second kappa shape index (κ2) is 11.8. The highest BCUT2D eigenvalue weighted by Gasteiger charge is 2.54. The van der Waals surface area contributed by atoms with E-state index in [9.17, 15) is 37.5 Å². The number of rotatable bonds is 8. The van der Waals surface area contributed by atoms with Gasteiger partial charge in [0.2, 0.25) is 6.61 Å². The van der Waals surface area contributed by atoms with Crippen molar-refractivity contribution in [2.24, 2.45) is 5.16 Å². The zero-order valence-corrected chi connectivity index (χ0v) is 20.9. The van der Waals surface area contributed by atoms with Gasteiger partial charge in [0.1, 0.15) is 22.8 Å². The number of thiazole rings is 1. The van der Waals surface area contributed by atoms with Crippen LogP contribution in [0.3, 0.4) is 0 Å². The lowest BCUT2D eigenvalue weighted by Gasteiger charge is -2.49. The Kier molecular flexibility index (Phi) is 9.47. The molecular formula is C17H16F3N5O10S3. The lowest BCUT2D eigenvalue weighted by atomic mass is 10.0. The molecule has 2 aliphatic heterocycles. The van der Waals surface area contributed by atoms with Crippen LogP contribution in [-0.4, -0.2) is 91.8 Å². The monoisotopic (exact) mass is 603 g/mol. The van der Waals surface area contributed by atoms with Gasteiger partial charge in [-0.25, -0.2) is 14.6 Å². The van der Waals surface area contributed by atoms with Crippen molar-refractivity contribution in [2.45, 2.75) is 16.9 Å². The van der Waals surface area contributed by atoms with E-state index in [0.29, 0.717) is 11.3 Å². The summed E-state index contributed by atoms with van der Waals surface area (Å²) in [6.45, 7) is 2.77. The summed E-state index contributed by atoms with van der Waals surface area (Å²) in [6, 6.07) is -1.01. The van der Waals surface area contributed by atoms with Crippen molar-refractivity contribution in [1.29, 1.82) is 0 Å². The molecule has 2 aliphatic rings. The summed E-state index contributed by atoms with van der Waals surface area (Å²) in [5.41, 5.74) is -0.0569. The van der Waals surface area contributed by atoms with E-state index in [4.69, 9.17) is 23.8 Å². The number of oxime groups is 1. The van der Waals surface area contributed by atoms with Gasteiger partial charge in [-0.15, -0.1) is 23.1 Å². The van der Waals surface area contributed by atoms with Crippen molar-refractivity contribution < 1.29 is 60.4 Å². The molecular weight excluding hydrogens is 587 g/mol. The highest BCUT2D eigenvalue weighted by Crippen LogP contribution is 2.40. The zero-order valence-electron chi connectivity index (χ0n) is 18.4. The average molecular weight is 604 g/mol. The second-order valence-electron chi connectivity index (χ2n) is 6.84. The van der Waals surface area contributed by atoms with E-state index >= 15 is 0 Å². The third kappa shape index (κ3) is 6.99. The van der Waals surface area contributed by atoms with Crippen LogP contribution in [0.5, 0.6) is 0 Å². The van der Waals surface area contributed by atoms with Crippen molar-refractivity contribution in [3.05, 3.63) is 35.0 Å². The lowest BCUT2D eigenvalue weighted by molar-refractivity contribution is -0.150. The first kappa shape index (κ1) is 30.5. The van der Waals surface area contributed by atoms with Crippen LogP contribution >= 0.6 is 23.1 Å². The van der Waals surface area contributed by atoms with E-state index in [1.54, 1.807) is 0 Å². The van der Waals surface area contributed by atoms with E-state index < -0.39 is 57.4 Å². The van der Waals surface area contributed by atoms with Crippen molar-refractivity contribution in [1.82, 2.24) is 15.2 Å². The third-order valence-electron chi connectivity index (χ3n) is 4.35. The van der Waals surface area contributed by atoms with E-state index in [1.165, 1.54) is 23.2 Å². The lowest BCUT2D eigenvalue weighted by Crippen LogP contribution is -2.71. The fourth-order valence-corrected chi connectivity index (χ4v) is 4.65. The predicted octanol–water partition coefficient (Wildman–Crippen LogP) is -0.151. The van der Waals surface area contributed by atoms with Gasteiger partial charge in [-0.3, -0.25) is 19.0 Å². The number of nitrogens with two attached hydrogens (primary N) is 1. The minimum absolute atomic E-state index is 0.0420. The van der Waals surface area contributed by atoms with Gasteiger partial charge in [-0.2, -0.15) is 21.6 Å². The smallest absolute Gasteiger partial charge is 0.479 e. The SMILES string of the molecule is C=CC1=C(C(=O)O)N2C(=O)[C@@H](NC(=O)/C(=N\OCC(=O)O)c3csc(N)n3)[C@H]2SC1.O=S(=O)(O)C(F)(F)F. The van der Waals surface area contributed by atoms with Gasteiger partial charge in [0.05, 0.1) is 0 Å². The number of aromatic nitrogens is 1. The molecule has 0 radical (unpaired) electrons. The quantitative estimate of drug-likeness (QED) is 0.0855. The van der Waals surface area contributed by atoms with E-state index in [2.05, 4.69) is 26.9 Å². The third-order valence-corrected chi connectivity index (χ3v) is 6.91. The molecule has 208 valence electrons. The Morgan fingerprint density at radius 2 is 1.97 bits per heavy atom. The topological polar surface area (TPSA) is 239 Å². The number of hydrogen-bond acceptors (Lipinski definition) is 12. The molecule has 0 aromatic carbocycles. The maximum Gasteiger partial charge on any atom is 0.522 e. The largest absolute Gasteiger partial charge is 0.522 e. The van der Waals surface area contributed by atoms with E-state index in [1.807, 2.05) is 0 Å². The van der Waals surface area contributed by atoms with Crippen LogP contribution < -0.4 is 11.1 Å². The number of β-lactam (4-membered cyclic amide) rings is 1. The molecule has 0 saturated carbocycles. The van der Waals surface area contributed by atoms with Gasteiger partial charge < -0.3 is 26.1 Å². The van der Waals surface area contributed by atoms with Crippen LogP contribution in [0.4, 0.5) is 18.3 Å². The van der Waals surface area contributed by atoms with Gasteiger partial charge in [-0.05, 0) is 5.57 Å². The molecule has 1 saturated heterocycles. The maximum atomic E-state index is 12.7. The van der Waals surface area contributed by atoms with Crippen LogP contribution in [0.2, 0.25) is 0 Å². The van der Waals surface area contributed by atoms with E-state index in [-0.39, 0.29) is 22.2 Å². The number of fused-ring (bicyclic) bond motifs is 1. The summed E-state index contributed by atoms with van der Waals surface area (Å²) in [5.74, 6) is -3.72. The van der Waals surface area contributed by atoms with Gasteiger partial charge in [0.25, 0.3) is 11.8 Å². The molecule has 2 atom stereocenters. The Morgan fingerprint density at radius 3 is 2.42 bits per heavy atom. The summed E-state index contributed by atoms with van der Waals surface area (Å²) < 4.78 is 57.5. The standard InChI is InChI=1S/C16H15N5O7S2.CHF3O3S/c1-2-6-4-29-14-10(13(25)21(14)11(6)15(26)27)19-12(24)9(20-28-3-8(22)23)7-5-30-16(17)18-7;2-1(3,4)8(5,6)7/h2,5,10,14H,1,3-4H2,(H2,17,18)(H,19,24)(H,22,23)(H,26,27);(H,5,6,7)/b20-9-;/t10-,14-;/m1./s1. The normalized spacial score (nSPS) is 19.4. The predicted molar refractivity (Wildman–Crippen MR) is 124 cm³/mol. The molecule has 1 aromatic heterocycles. The molecule has 1 fully saturated rings. The van der Waals surface area contributed by atoms with Gasteiger partial charge in [-0.1, -0.05) is 17.8 Å². The first-order valence-electron chi connectivity index (χ1n) is 9.50. The Morgan fingerprint density at radius 1 is 1.37 bits per heavy atom. The first-order chi connectivity index (χ1) is 17.5. The number of nitrogens with zero attached hydrogens (tertiary/aromatic N) is 3. The minimum Gasteiger partial charge on any atom is -0.479 e. The molecule has 0 unspecified atom stereocenters. The number of carboxylic acid groups (broad SMARTS) is 2. The highest BCUT2D eigenvalue weighted by atomic mass is 32.2. The molecule has 3 rings (SSSR count). The number of carbonyl (C=O) groups is 4. The van der Waals surface area contributed by atoms with Crippen molar-refractivity contribution in [3.63, 3.8) is 0 Å². The molecule has 1 aromatic rings. The van der Waals surface area contributed by atoms with Crippen LogP contribution in [0, 0.1) is 0 Å². The number of anilines is 1. The van der Waals surface area contributed by atoms with Crippen LogP contribution in [0.15, 0.2) is 34.5 Å². The van der Waals surface area contributed by atoms with Gasteiger partial charge in [0.15, 0.2) is 10.8 Å². The number of thioether (sulfide) groups is 1. The number of carboxylic acids is 2. The molecule has 3 heterocycles. The fourth-order valence-electron chi connectivity index (χ4n) is 2.76. The van der Waals surface area contributed by atoms with Crippen molar-refractivity contribution in [3.8, 4) is 0 Å². The summed E-state index contributed by atoms with van der Waals surface area (Å²) in [7, 11) is -5.84. The Balaban J connectivity index is 0.000000550. The Bertz CT molecular complexity index is 1320. The number of halogens is 3. The fraction of sp³-hybridized carbons (Fsp3) is 0.294. The average Bonchev–Trinajstić information content (AvgIpc) is 3.23. The number of amides is 2. The Hall–Kier alpha value is -3.69. The number of alkyl halides is 3. The summed E-state index contributed by atoms with van der Waals surface area (Å²) in [4.78, 5) is 57.1. The van der Waals surface area contributed by atoms with E-state index in [0.717, 1.165) is 16.2 Å². The Labute approximate surface area is 218 Å². The van der Waals surface area contributed by atoms with Gasteiger partial charge >= 0.3 is 27.6 Å². The number of carbonyl (C=O) groups excluding carboxylic acids is 2. The summed E-state index contributed by atoms with van der Waals surface area (Å²) >= 11 is 2.30. The molecule has 38 heavy (non-hydrogen) atoms. The molecule has 0 aliphatic carbocycles. The summed E-state index contributed by atoms with van der Waals surface area (Å²) in [5, 5.41) is 25.0. The number of allylic oxidation sites excluding steroid dienone is 1. The molecule has 2 amide bonds. The molecule has 0 bridgehead atoms. The second-order valence-corrected chi connectivity index (χ2v) is 10.3. The molecule has 21 heteroatoms. The van der Waals surface area contributed by atoms with Gasteiger partial charge in [0, 0.05) is 11.1 Å². The van der Waals surface area contributed by atoms with Crippen molar-refractivity contribution in [2.75, 3.05) is 18.1 Å². The number of nitrogens with one attached hydrogen (secondary N) is 1.